The van der Waals surface area contributed by atoms with E-state index in [1.807, 2.05) is 0 Å². The lowest BCUT2D eigenvalue weighted by Gasteiger charge is -2.32. The minimum atomic E-state index is -3.85. The van der Waals surface area contributed by atoms with Gasteiger partial charge in [0.15, 0.2) is 5.60 Å². The van der Waals surface area contributed by atoms with Gasteiger partial charge in [-0.15, -0.1) is 6.42 Å². The number of hydrogen-bond donors (Lipinski definition) is 2. The van der Waals surface area contributed by atoms with Crippen molar-refractivity contribution in [1.29, 1.82) is 0 Å². The van der Waals surface area contributed by atoms with E-state index in [0.717, 1.165) is 6.07 Å². The van der Waals surface area contributed by atoms with Gasteiger partial charge in [0, 0.05) is 18.0 Å². The number of alkyl halides is 2. The van der Waals surface area contributed by atoms with Gasteiger partial charge in [-0.25, -0.2) is 4.39 Å². The van der Waals surface area contributed by atoms with E-state index in [2.05, 4.69) is 0 Å². The first-order valence-electron chi connectivity index (χ1n) is 5.94. The maximum atomic E-state index is 14.4. The minimum absolute atomic E-state index is 0.0349. The van der Waals surface area contributed by atoms with Crippen molar-refractivity contribution in [2.75, 3.05) is 0 Å². The molecule has 0 bridgehead atoms. The number of terminal acetylenes is 1. The molecule has 2 nitrogen and oxygen atoms in total. The van der Waals surface area contributed by atoms with Crippen LogP contribution in [-0.2, 0) is 12.5 Å². The first-order valence-corrected chi connectivity index (χ1v) is 5.94. The summed E-state index contributed by atoms with van der Waals surface area (Å²) in [6, 6.07) is 3.53. The van der Waals surface area contributed by atoms with Gasteiger partial charge in [0.2, 0.25) is 0 Å². The second-order valence-electron chi connectivity index (χ2n) is 4.74. The first kappa shape index (κ1) is 13.9. The van der Waals surface area contributed by atoms with E-state index < -0.39 is 28.8 Å². The molecule has 19 heavy (non-hydrogen) atoms. The average Bonchev–Trinajstić information content (AvgIpc) is 3.22. The summed E-state index contributed by atoms with van der Waals surface area (Å²) in [5.41, 5.74) is 1.70. The van der Waals surface area contributed by atoms with Gasteiger partial charge >= 0.3 is 5.92 Å². The van der Waals surface area contributed by atoms with Gasteiger partial charge in [-0.3, -0.25) is 0 Å². The standard InChI is InChI=1S/C14H14F3NO/c1-2-13(19,10-6-7-10)14(16,17)11-5-3-4-9(8-18)12(11)15/h1,3-5,10,19H,6-8,18H2. The predicted octanol–water partition coefficient (Wildman–Crippen LogP) is 2.15. The molecule has 0 heterocycles. The Hall–Kier alpha value is -1.51. The van der Waals surface area contributed by atoms with Crippen LogP contribution in [0.4, 0.5) is 13.2 Å². The van der Waals surface area contributed by atoms with Crippen molar-refractivity contribution in [2.24, 2.45) is 11.7 Å². The summed E-state index contributed by atoms with van der Waals surface area (Å²) in [4.78, 5) is 0. The summed E-state index contributed by atoms with van der Waals surface area (Å²) < 4.78 is 42.8. The molecule has 102 valence electrons. The Labute approximate surface area is 109 Å². The maximum Gasteiger partial charge on any atom is 0.315 e. The molecule has 1 unspecified atom stereocenters. The third-order valence-corrected chi connectivity index (χ3v) is 3.50. The molecular weight excluding hydrogens is 255 g/mol. The van der Waals surface area contributed by atoms with Gasteiger partial charge < -0.3 is 10.8 Å². The van der Waals surface area contributed by atoms with Crippen LogP contribution >= 0.6 is 0 Å². The largest absolute Gasteiger partial charge is 0.371 e. The van der Waals surface area contributed by atoms with Crippen LogP contribution in [0.3, 0.4) is 0 Å². The van der Waals surface area contributed by atoms with Crippen molar-refractivity contribution >= 4 is 0 Å². The lowest BCUT2D eigenvalue weighted by molar-refractivity contribution is -0.168. The molecule has 0 aliphatic heterocycles. The van der Waals surface area contributed by atoms with E-state index in [1.165, 1.54) is 12.1 Å². The highest BCUT2D eigenvalue weighted by Crippen LogP contribution is 2.52. The lowest BCUT2D eigenvalue weighted by atomic mass is 9.85. The highest BCUT2D eigenvalue weighted by molar-refractivity contribution is 5.35. The topological polar surface area (TPSA) is 46.2 Å². The molecule has 0 saturated heterocycles. The van der Waals surface area contributed by atoms with E-state index in [0.29, 0.717) is 12.8 Å². The zero-order valence-corrected chi connectivity index (χ0v) is 10.2. The van der Waals surface area contributed by atoms with Crippen LogP contribution in [0.1, 0.15) is 24.0 Å². The van der Waals surface area contributed by atoms with Crippen molar-refractivity contribution in [1.82, 2.24) is 0 Å². The normalized spacial score (nSPS) is 18.7. The fraction of sp³-hybridized carbons (Fsp3) is 0.429. The fourth-order valence-electron chi connectivity index (χ4n) is 2.15. The molecule has 0 amide bonds. The molecule has 1 atom stereocenters. The quantitative estimate of drug-likeness (QED) is 0.823. The lowest BCUT2D eigenvalue weighted by Crippen LogP contribution is -2.47. The first-order chi connectivity index (χ1) is 8.88. The van der Waals surface area contributed by atoms with Gasteiger partial charge in [-0.1, -0.05) is 18.1 Å². The smallest absolute Gasteiger partial charge is 0.315 e. The third kappa shape index (κ3) is 2.01. The Kier molecular flexibility index (Phi) is 3.33. The molecule has 1 aromatic rings. The monoisotopic (exact) mass is 269 g/mol. The maximum absolute atomic E-state index is 14.4. The Morgan fingerprint density at radius 3 is 2.53 bits per heavy atom. The number of rotatable bonds is 4. The summed E-state index contributed by atoms with van der Waals surface area (Å²) in [5, 5.41) is 10.0. The zero-order chi connectivity index (χ0) is 14.3. The second kappa shape index (κ2) is 4.55. The predicted molar refractivity (Wildman–Crippen MR) is 64.7 cm³/mol. The number of benzene rings is 1. The van der Waals surface area contributed by atoms with Crippen LogP contribution in [-0.4, -0.2) is 10.7 Å². The molecule has 1 saturated carbocycles. The summed E-state index contributed by atoms with van der Waals surface area (Å²) in [7, 11) is 0. The molecule has 3 N–H and O–H groups in total. The molecule has 5 heteroatoms. The van der Waals surface area contributed by atoms with E-state index >= 15 is 0 Å². The number of halogens is 3. The van der Waals surface area contributed by atoms with Crippen LogP contribution in [0.15, 0.2) is 18.2 Å². The Morgan fingerprint density at radius 1 is 1.42 bits per heavy atom. The summed E-state index contributed by atoms with van der Waals surface area (Å²) >= 11 is 0. The summed E-state index contributed by atoms with van der Waals surface area (Å²) in [5.74, 6) is -3.91. The van der Waals surface area contributed by atoms with E-state index in [4.69, 9.17) is 12.2 Å². The van der Waals surface area contributed by atoms with Crippen LogP contribution in [0.2, 0.25) is 0 Å². The van der Waals surface area contributed by atoms with Crippen molar-refractivity contribution in [2.45, 2.75) is 30.9 Å². The van der Waals surface area contributed by atoms with Crippen molar-refractivity contribution < 1.29 is 18.3 Å². The Morgan fingerprint density at radius 2 is 2.05 bits per heavy atom. The number of hydrogen-bond acceptors (Lipinski definition) is 2. The molecule has 0 aromatic heterocycles. The Balaban J connectivity index is 2.53. The number of aliphatic hydroxyl groups is 1. The van der Waals surface area contributed by atoms with Crippen LogP contribution in [0.25, 0.3) is 0 Å². The molecule has 1 fully saturated rings. The van der Waals surface area contributed by atoms with Gasteiger partial charge in [-0.05, 0) is 18.9 Å². The summed E-state index contributed by atoms with van der Waals surface area (Å²) in [6.07, 6.45) is 5.89. The molecule has 2 rings (SSSR count). The van der Waals surface area contributed by atoms with Crippen LogP contribution < -0.4 is 5.73 Å². The second-order valence-corrected chi connectivity index (χ2v) is 4.74. The highest BCUT2D eigenvalue weighted by Gasteiger charge is 2.61. The molecule has 0 radical (unpaired) electrons. The van der Waals surface area contributed by atoms with Crippen LogP contribution in [0.5, 0.6) is 0 Å². The summed E-state index contributed by atoms with van der Waals surface area (Å²) in [6.45, 7) is -0.201. The average molecular weight is 269 g/mol. The van der Waals surface area contributed by atoms with Crippen molar-refractivity contribution in [3.8, 4) is 12.3 Å². The SMILES string of the molecule is C#CC(O)(C1CC1)C(F)(F)c1cccc(CN)c1F. The van der Waals surface area contributed by atoms with Gasteiger partial charge in [0.25, 0.3) is 0 Å². The van der Waals surface area contributed by atoms with E-state index in [9.17, 15) is 18.3 Å². The number of nitrogens with two attached hydrogens (primary N) is 1. The minimum Gasteiger partial charge on any atom is -0.371 e. The van der Waals surface area contributed by atoms with E-state index in [1.54, 1.807) is 5.92 Å². The van der Waals surface area contributed by atoms with Gasteiger partial charge in [-0.2, -0.15) is 8.78 Å². The molecular formula is C14H14F3NO. The molecule has 1 aromatic carbocycles. The van der Waals surface area contributed by atoms with Crippen LogP contribution in [0, 0.1) is 24.1 Å². The molecule has 0 spiro atoms. The van der Waals surface area contributed by atoms with Crippen molar-refractivity contribution in [3.63, 3.8) is 0 Å². The third-order valence-electron chi connectivity index (χ3n) is 3.50. The van der Waals surface area contributed by atoms with Crippen molar-refractivity contribution in [3.05, 3.63) is 35.1 Å². The molecule has 1 aliphatic rings. The zero-order valence-electron chi connectivity index (χ0n) is 10.2. The Bertz CT molecular complexity index is 534. The van der Waals surface area contributed by atoms with Gasteiger partial charge in [0.05, 0.1) is 5.56 Å². The fourth-order valence-corrected chi connectivity index (χ4v) is 2.15. The van der Waals surface area contributed by atoms with Gasteiger partial charge in [0.1, 0.15) is 5.82 Å². The molecule has 1 aliphatic carbocycles. The highest BCUT2D eigenvalue weighted by atomic mass is 19.3. The van der Waals surface area contributed by atoms with E-state index in [-0.39, 0.29) is 12.1 Å².